The Balaban J connectivity index is 1.50. The predicted octanol–water partition coefficient (Wildman–Crippen LogP) is 1.72. The van der Waals surface area contributed by atoms with Crippen molar-refractivity contribution < 1.29 is 4.79 Å². The molecule has 10 heteroatoms. The van der Waals surface area contributed by atoms with Gasteiger partial charge in [-0.25, -0.2) is 9.97 Å². The minimum absolute atomic E-state index is 0.232. The summed E-state index contributed by atoms with van der Waals surface area (Å²) in [5.41, 5.74) is 1.43. The molecule has 10 nitrogen and oxygen atoms in total. The van der Waals surface area contributed by atoms with Gasteiger partial charge in [-0.15, -0.1) is 10.2 Å². The highest BCUT2D eigenvalue weighted by Crippen LogP contribution is 2.36. The minimum Gasteiger partial charge on any atom is -0.380 e. The van der Waals surface area contributed by atoms with E-state index in [1.165, 1.54) is 25.2 Å². The van der Waals surface area contributed by atoms with Gasteiger partial charge >= 0.3 is 0 Å². The molecule has 30 heavy (non-hydrogen) atoms. The number of carbonyl (C=O) groups excluding carboxylic acids is 1. The van der Waals surface area contributed by atoms with Gasteiger partial charge in [0.1, 0.15) is 11.9 Å². The van der Waals surface area contributed by atoms with E-state index in [4.69, 9.17) is 5.26 Å². The number of carbonyl (C=O) groups is 1. The average molecular weight is 407 g/mol. The number of nitrogens with zero attached hydrogens (tertiary/aromatic N) is 5. The van der Waals surface area contributed by atoms with Crippen molar-refractivity contribution in [1.29, 1.82) is 5.26 Å². The van der Waals surface area contributed by atoms with Crippen LogP contribution in [-0.2, 0) is 0 Å². The van der Waals surface area contributed by atoms with Crippen molar-refractivity contribution in [2.75, 3.05) is 24.2 Å². The third-order valence-corrected chi connectivity index (χ3v) is 5.89. The first-order valence-corrected chi connectivity index (χ1v) is 10.2. The molecular formula is C20H25N9O. The van der Waals surface area contributed by atoms with Gasteiger partial charge in [-0.1, -0.05) is 0 Å². The Labute approximate surface area is 174 Å². The number of nitriles is 1. The fraction of sp³-hybridized carbons (Fsp3) is 0.500. The highest BCUT2D eigenvalue weighted by Gasteiger charge is 2.37. The molecule has 1 aliphatic heterocycles. The van der Waals surface area contributed by atoms with Crippen LogP contribution in [0, 0.1) is 11.3 Å². The molecule has 0 atom stereocenters. The van der Waals surface area contributed by atoms with Gasteiger partial charge in [0.05, 0.1) is 18.1 Å². The maximum atomic E-state index is 12.3. The fourth-order valence-corrected chi connectivity index (χ4v) is 4.26. The first-order valence-electron chi connectivity index (χ1n) is 10.2. The predicted molar refractivity (Wildman–Crippen MR) is 111 cm³/mol. The van der Waals surface area contributed by atoms with E-state index in [0.717, 1.165) is 32.2 Å². The normalized spacial score (nSPS) is 23.0. The average Bonchev–Trinajstić information content (AvgIpc) is 3.24. The molecule has 0 unspecified atom stereocenters. The van der Waals surface area contributed by atoms with E-state index in [0.29, 0.717) is 22.9 Å². The van der Waals surface area contributed by atoms with Gasteiger partial charge in [-0.2, -0.15) is 5.26 Å². The molecule has 2 aromatic heterocycles. The van der Waals surface area contributed by atoms with Gasteiger partial charge in [0, 0.05) is 24.7 Å². The molecule has 0 bridgehead atoms. The topological polar surface area (TPSA) is 141 Å². The van der Waals surface area contributed by atoms with Crippen molar-refractivity contribution in [3.8, 4) is 6.07 Å². The van der Waals surface area contributed by atoms with Crippen LogP contribution >= 0.6 is 0 Å². The van der Waals surface area contributed by atoms with Crippen LogP contribution in [0.4, 0.5) is 17.3 Å². The summed E-state index contributed by atoms with van der Waals surface area (Å²) >= 11 is 0. The van der Waals surface area contributed by atoms with Crippen LogP contribution in [0.25, 0.3) is 0 Å². The van der Waals surface area contributed by atoms with Gasteiger partial charge in [0.25, 0.3) is 5.91 Å². The highest BCUT2D eigenvalue weighted by atomic mass is 16.1. The van der Waals surface area contributed by atoms with E-state index in [-0.39, 0.29) is 23.3 Å². The smallest absolute Gasteiger partial charge is 0.273 e. The highest BCUT2D eigenvalue weighted by molar-refractivity contribution is 5.97. The fourth-order valence-electron chi connectivity index (χ4n) is 4.26. The lowest BCUT2D eigenvalue weighted by atomic mass is 9.78. The molecule has 4 rings (SSSR count). The Bertz CT molecular complexity index is 938. The molecule has 1 saturated heterocycles. The van der Waals surface area contributed by atoms with Crippen LogP contribution in [0.2, 0.25) is 0 Å². The summed E-state index contributed by atoms with van der Waals surface area (Å²) in [6.45, 7) is 1.11. The van der Waals surface area contributed by atoms with E-state index < -0.39 is 0 Å². The molecule has 156 valence electrons. The summed E-state index contributed by atoms with van der Waals surface area (Å²) in [4.78, 5) is 20.4. The van der Waals surface area contributed by atoms with Crippen LogP contribution in [0.15, 0.2) is 18.5 Å². The molecule has 0 radical (unpaired) electrons. The van der Waals surface area contributed by atoms with Crippen LogP contribution in [0.1, 0.15) is 54.7 Å². The van der Waals surface area contributed by atoms with Crippen LogP contribution in [-0.4, -0.2) is 51.2 Å². The Hall–Kier alpha value is -3.32. The Kier molecular flexibility index (Phi) is 5.72. The van der Waals surface area contributed by atoms with Gasteiger partial charge in [0.2, 0.25) is 0 Å². The lowest BCUT2D eigenvalue weighted by Crippen LogP contribution is -2.45. The summed E-state index contributed by atoms with van der Waals surface area (Å²) in [5.74, 6) is 0.585. The van der Waals surface area contributed by atoms with Crippen molar-refractivity contribution in [2.45, 2.75) is 50.1 Å². The molecule has 4 N–H and O–H groups in total. The van der Waals surface area contributed by atoms with Crippen molar-refractivity contribution in [2.24, 2.45) is 0 Å². The minimum atomic E-state index is -0.292. The molecule has 2 aromatic rings. The molecule has 1 spiro atoms. The summed E-state index contributed by atoms with van der Waals surface area (Å²) in [6.07, 6.45) is 9.66. The van der Waals surface area contributed by atoms with E-state index in [2.05, 4.69) is 41.4 Å². The Morgan fingerprint density at radius 1 is 1.20 bits per heavy atom. The number of nitrogens with one attached hydrogen (secondary N) is 4. The van der Waals surface area contributed by atoms with Crippen LogP contribution < -0.4 is 21.3 Å². The molecule has 1 saturated carbocycles. The molecule has 3 heterocycles. The largest absolute Gasteiger partial charge is 0.380 e. The van der Waals surface area contributed by atoms with Crippen molar-refractivity contribution in [1.82, 2.24) is 30.8 Å². The monoisotopic (exact) mass is 407 g/mol. The van der Waals surface area contributed by atoms with E-state index >= 15 is 0 Å². The van der Waals surface area contributed by atoms with Crippen molar-refractivity contribution >= 4 is 23.2 Å². The number of aromatic nitrogens is 4. The molecular weight excluding hydrogens is 382 g/mol. The maximum absolute atomic E-state index is 12.3. The van der Waals surface area contributed by atoms with Crippen LogP contribution in [0.3, 0.4) is 0 Å². The third-order valence-electron chi connectivity index (χ3n) is 5.89. The first kappa shape index (κ1) is 20.0. The zero-order chi connectivity index (χ0) is 21.0. The number of anilines is 3. The van der Waals surface area contributed by atoms with E-state index in [1.54, 1.807) is 13.1 Å². The number of hydrogen-bond acceptors (Lipinski definition) is 9. The third kappa shape index (κ3) is 4.31. The van der Waals surface area contributed by atoms with E-state index in [1.807, 2.05) is 6.07 Å². The second kappa shape index (κ2) is 8.59. The van der Waals surface area contributed by atoms with Gasteiger partial charge in [-0.3, -0.25) is 4.79 Å². The Morgan fingerprint density at radius 3 is 2.67 bits per heavy atom. The Morgan fingerprint density at radius 2 is 2.03 bits per heavy atom. The zero-order valence-corrected chi connectivity index (χ0v) is 16.9. The lowest BCUT2D eigenvalue weighted by Gasteiger charge is -2.38. The maximum Gasteiger partial charge on any atom is 0.273 e. The molecule has 2 fully saturated rings. The summed E-state index contributed by atoms with van der Waals surface area (Å²) < 4.78 is 0. The molecule has 1 aliphatic carbocycles. The van der Waals surface area contributed by atoms with Gasteiger partial charge < -0.3 is 21.3 Å². The van der Waals surface area contributed by atoms with Gasteiger partial charge in [0.15, 0.2) is 17.2 Å². The van der Waals surface area contributed by atoms with E-state index in [9.17, 15) is 4.79 Å². The summed E-state index contributed by atoms with van der Waals surface area (Å²) in [5, 5.41) is 29.9. The zero-order valence-electron chi connectivity index (χ0n) is 16.9. The lowest BCUT2D eigenvalue weighted by molar-refractivity contribution is 0.0958. The summed E-state index contributed by atoms with van der Waals surface area (Å²) in [7, 11) is 1.57. The quantitative estimate of drug-likeness (QED) is 0.583. The van der Waals surface area contributed by atoms with Crippen molar-refractivity contribution in [3.05, 3.63) is 29.8 Å². The van der Waals surface area contributed by atoms with Gasteiger partial charge in [-0.05, 0) is 45.1 Å². The van der Waals surface area contributed by atoms with Crippen LogP contribution in [0.5, 0.6) is 0 Å². The number of rotatable bonds is 5. The SMILES string of the molecule is CNC(=O)c1nnc(Nc2cnc(C#N)cn2)cc1NC1CCC2(CCCN2)CC1. The molecule has 2 aliphatic rings. The second-order valence-corrected chi connectivity index (χ2v) is 7.82. The summed E-state index contributed by atoms with van der Waals surface area (Å²) in [6, 6.07) is 3.96. The molecule has 1 amide bonds. The number of hydrogen-bond donors (Lipinski definition) is 4. The standard InChI is InChI=1S/C20H25N9O/c1-22-19(30)18-15(26-13-3-6-20(7-4-13)5-2-8-25-20)9-16(28-29-18)27-17-12-23-14(10-21)11-24-17/h9,11-13,25H,2-8H2,1H3,(H,22,30)(H2,24,26,27,28). The second-order valence-electron chi connectivity index (χ2n) is 7.82. The molecule has 0 aromatic carbocycles. The first-order chi connectivity index (χ1) is 14.6. The van der Waals surface area contributed by atoms with Crippen molar-refractivity contribution in [3.63, 3.8) is 0 Å². The number of amides is 1.